The number of ether oxygens (including phenoxy) is 2. The average molecular weight is 398 g/mol. The van der Waals surface area contributed by atoms with Gasteiger partial charge in [0.05, 0.1) is 13.2 Å². The lowest BCUT2D eigenvalue weighted by Crippen LogP contribution is -2.41. The van der Waals surface area contributed by atoms with Crippen molar-refractivity contribution in [2.24, 2.45) is 4.99 Å². The molecular formula is C18H28BrN3O2. The first-order valence-corrected chi connectivity index (χ1v) is 9.27. The van der Waals surface area contributed by atoms with Gasteiger partial charge >= 0.3 is 0 Å². The van der Waals surface area contributed by atoms with Gasteiger partial charge in [-0.05, 0) is 37.0 Å². The van der Waals surface area contributed by atoms with Gasteiger partial charge in [0.15, 0.2) is 5.96 Å². The van der Waals surface area contributed by atoms with Crippen molar-refractivity contribution in [2.75, 3.05) is 47.1 Å². The van der Waals surface area contributed by atoms with Crippen molar-refractivity contribution in [3.05, 3.63) is 34.3 Å². The van der Waals surface area contributed by atoms with E-state index in [0.29, 0.717) is 13.2 Å². The maximum Gasteiger partial charge on any atom is 0.191 e. The fourth-order valence-corrected chi connectivity index (χ4v) is 3.03. The molecule has 1 aliphatic carbocycles. The highest BCUT2D eigenvalue weighted by Gasteiger charge is 2.44. The highest BCUT2D eigenvalue weighted by atomic mass is 79.9. The molecule has 1 aromatic rings. The zero-order chi connectivity index (χ0) is 17.3. The normalized spacial score (nSPS) is 16.0. The molecule has 6 heteroatoms. The standard InChI is InChI=1S/C18H28BrN3O2/c1-20-17(21-9-4-10-24-12-11-23-2)22-14-18(7-8-18)15-5-3-6-16(19)13-15/h3,5-6,13H,4,7-12,14H2,1-2H3,(H2,20,21,22). The first-order valence-electron chi connectivity index (χ1n) is 8.47. The molecule has 0 atom stereocenters. The van der Waals surface area contributed by atoms with Gasteiger partial charge in [0.1, 0.15) is 0 Å². The lowest BCUT2D eigenvalue weighted by Gasteiger charge is -2.19. The van der Waals surface area contributed by atoms with E-state index in [2.05, 4.69) is 55.8 Å². The highest BCUT2D eigenvalue weighted by molar-refractivity contribution is 9.10. The minimum atomic E-state index is 0.255. The van der Waals surface area contributed by atoms with Gasteiger partial charge in [0.2, 0.25) is 0 Å². The van der Waals surface area contributed by atoms with Crippen molar-refractivity contribution < 1.29 is 9.47 Å². The molecule has 0 unspecified atom stereocenters. The summed E-state index contributed by atoms with van der Waals surface area (Å²) in [5, 5.41) is 6.81. The summed E-state index contributed by atoms with van der Waals surface area (Å²) >= 11 is 3.56. The third-order valence-electron chi connectivity index (χ3n) is 4.30. The Kier molecular flexibility index (Phi) is 8.02. The second-order valence-corrected chi connectivity index (χ2v) is 7.02. The van der Waals surface area contributed by atoms with Crippen LogP contribution in [-0.2, 0) is 14.9 Å². The van der Waals surface area contributed by atoms with Crippen molar-refractivity contribution in [3.8, 4) is 0 Å². The molecule has 0 amide bonds. The second kappa shape index (κ2) is 10.0. The number of aliphatic imine (C=N–C) groups is 1. The van der Waals surface area contributed by atoms with Crippen LogP contribution in [0.3, 0.4) is 0 Å². The topological polar surface area (TPSA) is 54.9 Å². The van der Waals surface area contributed by atoms with Crippen LogP contribution >= 0.6 is 15.9 Å². The Morgan fingerprint density at radius 3 is 2.75 bits per heavy atom. The van der Waals surface area contributed by atoms with Gasteiger partial charge in [-0.2, -0.15) is 0 Å². The minimum Gasteiger partial charge on any atom is -0.382 e. The maximum atomic E-state index is 5.45. The number of rotatable bonds is 10. The Hall–Kier alpha value is -1.11. The van der Waals surface area contributed by atoms with Crippen LogP contribution in [0.25, 0.3) is 0 Å². The SMILES string of the molecule is CN=C(NCCCOCCOC)NCC1(c2cccc(Br)c2)CC1. The average Bonchev–Trinajstić information content (AvgIpc) is 3.38. The van der Waals surface area contributed by atoms with Crippen LogP contribution in [0.1, 0.15) is 24.8 Å². The van der Waals surface area contributed by atoms with E-state index >= 15 is 0 Å². The summed E-state index contributed by atoms with van der Waals surface area (Å²) in [5.41, 5.74) is 1.65. The zero-order valence-corrected chi connectivity index (χ0v) is 16.2. The smallest absolute Gasteiger partial charge is 0.191 e. The molecule has 134 valence electrons. The number of guanidine groups is 1. The molecule has 24 heavy (non-hydrogen) atoms. The molecule has 0 aliphatic heterocycles. The van der Waals surface area contributed by atoms with Gasteiger partial charge in [0.25, 0.3) is 0 Å². The van der Waals surface area contributed by atoms with Crippen LogP contribution < -0.4 is 10.6 Å². The molecule has 1 aromatic carbocycles. The minimum absolute atomic E-state index is 0.255. The molecule has 1 saturated carbocycles. The van der Waals surface area contributed by atoms with Crippen molar-refractivity contribution in [3.63, 3.8) is 0 Å². The fraction of sp³-hybridized carbons (Fsp3) is 0.611. The summed E-state index contributed by atoms with van der Waals surface area (Å²) in [7, 11) is 3.49. The summed E-state index contributed by atoms with van der Waals surface area (Å²) in [6.07, 6.45) is 3.39. The van der Waals surface area contributed by atoms with Crippen LogP contribution in [0.15, 0.2) is 33.7 Å². The number of benzene rings is 1. The largest absolute Gasteiger partial charge is 0.382 e. The van der Waals surface area contributed by atoms with Crippen molar-refractivity contribution in [1.29, 1.82) is 0 Å². The molecule has 5 nitrogen and oxygen atoms in total. The van der Waals surface area contributed by atoms with E-state index in [4.69, 9.17) is 9.47 Å². The van der Waals surface area contributed by atoms with E-state index in [1.54, 1.807) is 7.11 Å². The van der Waals surface area contributed by atoms with E-state index in [-0.39, 0.29) is 5.41 Å². The number of nitrogens with zero attached hydrogens (tertiary/aromatic N) is 1. The summed E-state index contributed by atoms with van der Waals surface area (Å²) in [5.74, 6) is 0.855. The van der Waals surface area contributed by atoms with Crippen LogP contribution in [0.2, 0.25) is 0 Å². The van der Waals surface area contributed by atoms with E-state index in [0.717, 1.165) is 36.5 Å². The quantitative estimate of drug-likeness (QED) is 0.362. The molecule has 2 N–H and O–H groups in total. The van der Waals surface area contributed by atoms with Gasteiger partial charge in [-0.15, -0.1) is 0 Å². The van der Waals surface area contributed by atoms with Gasteiger partial charge in [0, 0.05) is 43.7 Å². The lowest BCUT2D eigenvalue weighted by molar-refractivity contribution is 0.0698. The number of hydrogen-bond acceptors (Lipinski definition) is 3. The third kappa shape index (κ3) is 6.07. The monoisotopic (exact) mass is 397 g/mol. The maximum absolute atomic E-state index is 5.45. The summed E-state index contributed by atoms with van der Waals surface area (Å²) in [6.45, 7) is 3.78. The van der Waals surface area contributed by atoms with Gasteiger partial charge in [-0.25, -0.2) is 0 Å². The van der Waals surface area contributed by atoms with Crippen molar-refractivity contribution in [2.45, 2.75) is 24.7 Å². The van der Waals surface area contributed by atoms with Crippen LogP contribution in [0.4, 0.5) is 0 Å². The first kappa shape index (κ1) is 19.2. The third-order valence-corrected chi connectivity index (χ3v) is 4.79. The highest BCUT2D eigenvalue weighted by Crippen LogP contribution is 2.48. The van der Waals surface area contributed by atoms with Gasteiger partial charge in [-0.3, -0.25) is 4.99 Å². The van der Waals surface area contributed by atoms with Crippen molar-refractivity contribution in [1.82, 2.24) is 10.6 Å². The summed E-state index contributed by atoms with van der Waals surface area (Å²) < 4.78 is 11.5. The van der Waals surface area contributed by atoms with E-state index in [9.17, 15) is 0 Å². The molecule has 0 aromatic heterocycles. The number of methoxy groups -OCH3 is 1. The van der Waals surface area contributed by atoms with E-state index in [1.165, 1.54) is 18.4 Å². The fourth-order valence-electron chi connectivity index (χ4n) is 2.64. The second-order valence-electron chi connectivity index (χ2n) is 6.10. The molecule has 1 fully saturated rings. The Morgan fingerprint density at radius 1 is 1.25 bits per heavy atom. The molecule has 1 aliphatic rings. The van der Waals surface area contributed by atoms with Crippen LogP contribution in [-0.4, -0.2) is 53.0 Å². The summed E-state index contributed by atoms with van der Waals surface area (Å²) in [4.78, 5) is 4.30. The Balaban J connectivity index is 1.68. The molecule has 0 radical (unpaired) electrons. The van der Waals surface area contributed by atoms with Gasteiger partial charge in [-0.1, -0.05) is 28.1 Å². The lowest BCUT2D eigenvalue weighted by atomic mass is 9.96. The number of nitrogens with one attached hydrogen (secondary N) is 2. The Morgan fingerprint density at radius 2 is 2.08 bits per heavy atom. The van der Waals surface area contributed by atoms with Gasteiger partial charge < -0.3 is 20.1 Å². The molecular weight excluding hydrogens is 370 g/mol. The van der Waals surface area contributed by atoms with E-state index in [1.807, 2.05) is 7.05 Å². The number of halogens is 1. The molecule has 2 rings (SSSR count). The summed E-state index contributed by atoms with van der Waals surface area (Å²) in [6, 6.07) is 8.62. The predicted octanol–water partition coefficient (Wildman–Crippen LogP) is 2.70. The van der Waals surface area contributed by atoms with E-state index < -0.39 is 0 Å². The molecule has 0 bridgehead atoms. The Bertz CT molecular complexity index is 533. The predicted molar refractivity (Wildman–Crippen MR) is 102 cm³/mol. The Labute approximate surface area is 153 Å². The van der Waals surface area contributed by atoms with Crippen LogP contribution in [0.5, 0.6) is 0 Å². The molecule has 0 heterocycles. The van der Waals surface area contributed by atoms with Crippen molar-refractivity contribution >= 4 is 21.9 Å². The van der Waals surface area contributed by atoms with Crippen LogP contribution in [0, 0.1) is 0 Å². The zero-order valence-electron chi connectivity index (χ0n) is 14.6. The molecule has 0 saturated heterocycles. The number of hydrogen-bond donors (Lipinski definition) is 2. The molecule has 0 spiro atoms. The first-order chi connectivity index (χ1) is 11.7.